The number of benzene rings is 1. The molecule has 0 aromatic heterocycles. The number of rotatable bonds is 0. The first-order valence-corrected chi connectivity index (χ1v) is 7.08. The molecule has 1 spiro atoms. The number of halogens is 1. The lowest BCUT2D eigenvalue weighted by Gasteiger charge is -2.39. The molecule has 0 N–H and O–H groups in total. The summed E-state index contributed by atoms with van der Waals surface area (Å²) in [4.78, 5) is 12.9. The Hall–Kier alpha value is -1.08. The molecule has 1 fully saturated rings. The van der Waals surface area contributed by atoms with Gasteiger partial charge in [0.25, 0.3) is 0 Å². The van der Waals surface area contributed by atoms with Crippen LogP contribution in [-0.2, 0) is 6.42 Å². The summed E-state index contributed by atoms with van der Waals surface area (Å²) >= 11 is 6.27. The van der Waals surface area contributed by atoms with Crippen LogP contribution >= 0.6 is 11.6 Å². The summed E-state index contributed by atoms with van der Waals surface area (Å²) in [5.41, 5.74) is 3.36. The zero-order valence-corrected chi connectivity index (χ0v) is 11.0. The van der Waals surface area contributed by atoms with E-state index in [0.29, 0.717) is 16.7 Å². The lowest BCUT2D eigenvalue weighted by molar-refractivity contribution is 0.0671. The van der Waals surface area contributed by atoms with E-state index < -0.39 is 0 Å². The average Bonchev–Trinajstić information content (AvgIpc) is 2.95. The number of aryl methyl sites for hydroxylation is 1. The van der Waals surface area contributed by atoms with Crippen molar-refractivity contribution in [3.63, 3.8) is 0 Å². The standard InChI is InChI=1S/C16H15ClO/c17-13-3-1-2-11-6-7-16(15(18)14(11)13)9-10-4-5-12(16)8-10/h1-4,12H,5-9H2. The van der Waals surface area contributed by atoms with Gasteiger partial charge in [-0.3, -0.25) is 4.79 Å². The highest BCUT2D eigenvalue weighted by Crippen LogP contribution is 2.58. The van der Waals surface area contributed by atoms with Gasteiger partial charge in [-0.1, -0.05) is 35.4 Å². The van der Waals surface area contributed by atoms with Crippen LogP contribution in [0.4, 0.5) is 0 Å². The highest BCUT2D eigenvalue weighted by atomic mass is 35.5. The van der Waals surface area contributed by atoms with Crippen molar-refractivity contribution in [2.45, 2.75) is 32.1 Å². The minimum atomic E-state index is -0.109. The van der Waals surface area contributed by atoms with E-state index in [1.54, 1.807) is 0 Å². The van der Waals surface area contributed by atoms with Gasteiger partial charge in [-0.05, 0) is 49.7 Å². The molecule has 2 atom stereocenters. The third kappa shape index (κ3) is 1.21. The largest absolute Gasteiger partial charge is 0.293 e. The van der Waals surface area contributed by atoms with Crippen molar-refractivity contribution >= 4 is 17.4 Å². The lowest BCUT2D eigenvalue weighted by Crippen LogP contribution is -2.39. The fraction of sp³-hybridized carbons (Fsp3) is 0.438. The highest BCUT2D eigenvalue weighted by molar-refractivity contribution is 6.34. The van der Waals surface area contributed by atoms with E-state index in [0.717, 1.165) is 43.2 Å². The van der Waals surface area contributed by atoms with Crippen molar-refractivity contribution in [3.8, 4) is 0 Å². The molecule has 0 saturated heterocycles. The fourth-order valence-electron chi connectivity index (χ4n) is 4.22. The molecule has 18 heavy (non-hydrogen) atoms. The van der Waals surface area contributed by atoms with Gasteiger partial charge in [0.2, 0.25) is 0 Å². The zero-order chi connectivity index (χ0) is 12.3. The van der Waals surface area contributed by atoms with Crippen LogP contribution in [0.25, 0.3) is 0 Å². The van der Waals surface area contributed by atoms with Crippen LogP contribution < -0.4 is 0 Å². The van der Waals surface area contributed by atoms with Crippen LogP contribution in [0.15, 0.2) is 29.8 Å². The van der Waals surface area contributed by atoms with E-state index in [4.69, 9.17) is 11.6 Å². The maximum Gasteiger partial charge on any atom is 0.171 e. The van der Waals surface area contributed by atoms with E-state index >= 15 is 0 Å². The topological polar surface area (TPSA) is 17.1 Å². The molecule has 0 aliphatic heterocycles. The second-order valence-corrected chi connectivity index (χ2v) is 6.34. The Morgan fingerprint density at radius 2 is 2.22 bits per heavy atom. The number of ketones is 1. The maximum absolute atomic E-state index is 12.9. The van der Waals surface area contributed by atoms with Crippen molar-refractivity contribution in [3.05, 3.63) is 46.0 Å². The molecule has 0 amide bonds. The Labute approximate surface area is 112 Å². The Morgan fingerprint density at radius 1 is 1.33 bits per heavy atom. The number of hydrogen-bond acceptors (Lipinski definition) is 1. The van der Waals surface area contributed by atoms with E-state index in [1.165, 1.54) is 5.57 Å². The second-order valence-electron chi connectivity index (χ2n) is 5.94. The van der Waals surface area contributed by atoms with Crippen LogP contribution in [0, 0.1) is 11.3 Å². The molecule has 4 rings (SSSR count). The van der Waals surface area contributed by atoms with Gasteiger partial charge in [0, 0.05) is 11.0 Å². The summed E-state index contributed by atoms with van der Waals surface area (Å²) in [6, 6.07) is 5.86. The third-order valence-electron chi connectivity index (χ3n) is 5.14. The van der Waals surface area contributed by atoms with Crippen LogP contribution in [0.5, 0.6) is 0 Å². The monoisotopic (exact) mass is 258 g/mol. The van der Waals surface area contributed by atoms with E-state index in [1.807, 2.05) is 12.1 Å². The number of allylic oxidation sites excluding steroid dienone is 2. The molecule has 2 unspecified atom stereocenters. The molecule has 3 aliphatic rings. The molecule has 1 nitrogen and oxygen atoms in total. The van der Waals surface area contributed by atoms with Crippen LogP contribution in [0.3, 0.4) is 0 Å². The maximum atomic E-state index is 12.9. The number of carbonyl (C=O) groups is 1. The second kappa shape index (κ2) is 3.48. The summed E-state index contributed by atoms with van der Waals surface area (Å²) < 4.78 is 0. The molecule has 2 heteroatoms. The van der Waals surface area contributed by atoms with Gasteiger partial charge in [-0.25, -0.2) is 0 Å². The normalized spacial score (nSPS) is 32.8. The van der Waals surface area contributed by atoms with Gasteiger partial charge in [0.05, 0.1) is 5.02 Å². The molecule has 2 bridgehead atoms. The number of hydrogen-bond donors (Lipinski definition) is 0. The molecule has 0 radical (unpaired) electrons. The number of fused-ring (bicyclic) bond motifs is 4. The van der Waals surface area contributed by atoms with Gasteiger partial charge in [-0.2, -0.15) is 0 Å². The Bertz CT molecular complexity index is 587. The van der Waals surface area contributed by atoms with Crippen molar-refractivity contribution in [2.24, 2.45) is 11.3 Å². The molecule has 0 heterocycles. The van der Waals surface area contributed by atoms with Crippen LogP contribution in [-0.4, -0.2) is 5.78 Å². The van der Waals surface area contributed by atoms with E-state index in [-0.39, 0.29) is 5.41 Å². The minimum Gasteiger partial charge on any atom is -0.293 e. The summed E-state index contributed by atoms with van der Waals surface area (Å²) in [6.45, 7) is 0. The van der Waals surface area contributed by atoms with E-state index in [9.17, 15) is 4.79 Å². The van der Waals surface area contributed by atoms with Gasteiger partial charge in [0.1, 0.15) is 0 Å². The molecule has 1 aromatic rings. The first kappa shape index (κ1) is 10.8. The summed E-state index contributed by atoms with van der Waals surface area (Å²) in [5.74, 6) is 0.867. The first-order valence-electron chi connectivity index (χ1n) is 6.71. The summed E-state index contributed by atoms with van der Waals surface area (Å²) in [6.07, 6.45) is 7.59. The lowest BCUT2D eigenvalue weighted by atomic mass is 9.63. The Morgan fingerprint density at radius 3 is 2.94 bits per heavy atom. The van der Waals surface area contributed by atoms with Crippen molar-refractivity contribution in [1.29, 1.82) is 0 Å². The zero-order valence-electron chi connectivity index (χ0n) is 10.2. The summed E-state index contributed by atoms with van der Waals surface area (Å²) in [5, 5.41) is 0.647. The van der Waals surface area contributed by atoms with Gasteiger partial charge in [-0.15, -0.1) is 0 Å². The molecular weight excluding hydrogens is 244 g/mol. The molecule has 3 aliphatic carbocycles. The van der Waals surface area contributed by atoms with Crippen molar-refractivity contribution in [2.75, 3.05) is 0 Å². The molecule has 92 valence electrons. The van der Waals surface area contributed by atoms with Crippen molar-refractivity contribution in [1.82, 2.24) is 0 Å². The van der Waals surface area contributed by atoms with Gasteiger partial charge >= 0.3 is 0 Å². The smallest absolute Gasteiger partial charge is 0.171 e. The summed E-state index contributed by atoms with van der Waals surface area (Å²) in [7, 11) is 0. The molecular formula is C16H15ClO. The van der Waals surface area contributed by atoms with Crippen LogP contribution in [0.1, 0.15) is 41.6 Å². The quantitative estimate of drug-likeness (QED) is 0.638. The number of Topliss-reactive ketones (excluding diaryl/α,β-unsaturated/α-hetero) is 1. The Balaban J connectivity index is 1.86. The third-order valence-corrected chi connectivity index (χ3v) is 5.46. The van der Waals surface area contributed by atoms with Gasteiger partial charge in [0.15, 0.2) is 5.78 Å². The average molecular weight is 259 g/mol. The fourth-order valence-corrected chi connectivity index (χ4v) is 4.50. The Kier molecular flexibility index (Phi) is 2.09. The predicted octanol–water partition coefficient (Wildman–Crippen LogP) is 4.20. The predicted molar refractivity (Wildman–Crippen MR) is 72.0 cm³/mol. The first-order chi connectivity index (χ1) is 8.71. The molecule has 1 saturated carbocycles. The minimum absolute atomic E-state index is 0.109. The van der Waals surface area contributed by atoms with Crippen LogP contribution in [0.2, 0.25) is 5.02 Å². The van der Waals surface area contributed by atoms with Gasteiger partial charge < -0.3 is 0 Å². The highest BCUT2D eigenvalue weighted by Gasteiger charge is 2.54. The van der Waals surface area contributed by atoms with E-state index in [2.05, 4.69) is 12.1 Å². The number of carbonyl (C=O) groups excluding carboxylic acids is 1. The van der Waals surface area contributed by atoms with Crippen molar-refractivity contribution < 1.29 is 4.79 Å². The SMILES string of the molecule is O=C1c2c(Cl)cccc2CCC12CC1=CCC2C1. The molecule has 1 aromatic carbocycles.